The number of aryl methyl sites for hydroxylation is 2. The Bertz CT molecular complexity index is 423. The topological polar surface area (TPSA) is 34.1 Å². The van der Waals surface area contributed by atoms with Crippen LogP contribution >= 0.6 is 23.2 Å². The molecule has 4 heteroatoms. The zero-order valence-corrected chi connectivity index (χ0v) is 12.1. The van der Waals surface area contributed by atoms with Crippen LogP contribution in [0.4, 0.5) is 0 Å². The molecular formula is C14H16Cl2O2. The lowest BCUT2D eigenvalue weighted by atomic mass is 9.94. The fraction of sp³-hybridized carbons (Fsp3) is 0.429. The summed E-state index contributed by atoms with van der Waals surface area (Å²) in [4.78, 5) is 22.9. The van der Waals surface area contributed by atoms with E-state index in [0.717, 1.165) is 24.0 Å². The standard InChI is InChI=1S/C14H16Cl2O2/c1-3-5-9-7-12(14(16)18)10(6-4-2)8-11(9)13(15)17/h7-8H,3-6H2,1-2H3. The van der Waals surface area contributed by atoms with Gasteiger partial charge in [0.25, 0.3) is 10.5 Å². The minimum atomic E-state index is -0.482. The lowest BCUT2D eigenvalue weighted by Gasteiger charge is -2.11. The van der Waals surface area contributed by atoms with Crippen LogP contribution in [0.3, 0.4) is 0 Å². The van der Waals surface area contributed by atoms with Crippen molar-refractivity contribution in [3.8, 4) is 0 Å². The van der Waals surface area contributed by atoms with E-state index in [9.17, 15) is 9.59 Å². The first-order valence-electron chi connectivity index (χ1n) is 6.06. The third kappa shape index (κ3) is 3.56. The third-order valence-electron chi connectivity index (χ3n) is 2.79. The highest BCUT2D eigenvalue weighted by Gasteiger charge is 2.16. The molecule has 0 saturated heterocycles. The molecule has 0 bridgehead atoms. The lowest BCUT2D eigenvalue weighted by molar-refractivity contribution is 0.106. The summed E-state index contributed by atoms with van der Waals surface area (Å²) in [7, 11) is 0. The molecule has 0 unspecified atom stereocenters. The van der Waals surface area contributed by atoms with Crippen molar-refractivity contribution in [3.63, 3.8) is 0 Å². The molecular weight excluding hydrogens is 271 g/mol. The van der Waals surface area contributed by atoms with Crippen molar-refractivity contribution in [2.75, 3.05) is 0 Å². The highest BCUT2D eigenvalue weighted by molar-refractivity contribution is 6.68. The van der Waals surface area contributed by atoms with Crippen molar-refractivity contribution in [2.24, 2.45) is 0 Å². The number of halogens is 2. The molecule has 1 rings (SSSR count). The first-order chi connectivity index (χ1) is 8.51. The average Bonchev–Trinajstić information content (AvgIpc) is 2.30. The maximum Gasteiger partial charge on any atom is 0.252 e. The molecule has 0 radical (unpaired) electrons. The molecule has 0 spiro atoms. The van der Waals surface area contributed by atoms with Gasteiger partial charge in [-0.1, -0.05) is 26.7 Å². The van der Waals surface area contributed by atoms with Gasteiger partial charge in [0, 0.05) is 11.1 Å². The fourth-order valence-electron chi connectivity index (χ4n) is 2.01. The molecule has 1 aromatic rings. The van der Waals surface area contributed by atoms with Gasteiger partial charge in [0.2, 0.25) is 0 Å². The zero-order valence-electron chi connectivity index (χ0n) is 10.6. The largest absolute Gasteiger partial charge is 0.276 e. The van der Waals surface area contributed by atoms with Gasteiger partial charge < -0.3 is 0 Å². The number of carbonyl (C=O) groups is 2. The zero-order chi connectivity index (χ0) is 13.7. The van der Waals surface area contributed by atoms with E-state index in [1.54, 1.807) is 12.1 Å². The number of rotatable bonds is 6. The van der Waals surface area contributed by atoms with Gasteiger partial charge in [-0.25, -0.2) is 0 Å². The summed E-state index contributed by atoms with van der Waals surface area (Å²) in [5.41, 5.74) is 2.56. The molecule has 0 N–H and O–H groups in total. The molecule has 0 aliphatic rings. The molecule has 0 aromatic heterocycles. The van der Waals surface area contributed by atoms with Crippen LogP contribution in [0.5, 0.6) is 0 Å². The monoisotopic (exact) mass is 286 g/mol. The summed E-state index contributed by atoms with van der Waals surface area (Å²) in [6.45, 7) is 4.01. The fourth-order valence-corrected chi connectivity index (χ4v) is 2.36. The van der Waals surface area contributed by atoms with Crippen LogP contribution in [0.15, 0.2) is 12.1 Å². The molecule has 98 valence electrons. The normalized spacial score (nSPS) is 10.4. The Morgan fingerprint density at radius 2 is 1.22 bits per heavy atom. The molecule has 0 saturated carbocycles. The van der Waals surface area contributed by atoms with E-state index in [0.29, 0.717) is 24.0 Å². The van der Waals surface area contributed by atoms with Gasteiger partial charge in [0.05, 0.1) is 0 Å². The molecule has 0 heterocycles. The second-order valence-corrected chi connectivity index (χ2v) is 4.90. The van der Waals surface area contributed by atoms with Crippen molar-refractivity contribution in [3.05, 3.63) is 34.4 Å². The van der Waals surface area contributed by atoms with Crippen molar-refractivity contribution >= 4 is 33.7 Å². The van der Waals surface area contributed by atoms with E-state index < -0.39 is 10.5 Å². The van der Waals surface area contributed by atoms with Gasteiger partial charge in [-0.2, -0.15) is 0 Å². The number of hydrogen-bond acceptors (Lipinski definition) is 2. The maximum absolute atomic E-state index is 11.4. The van der Waals surface area contributed by atoms with Gasteiger partial charge in [0.1, 0.15) is 0 Å². The third-order valence-corrected chi connectivity index (χ3v) is 3.20. The molecule has 2 nitrogen and oxygen atoms in total. The summed E-state index contributed by atoms with van der Waals surface area (Å²) < 4.78 is 0. The van der Waals surface area contributed by atoms with Gasteiger partial charge in [0.15, 0.2) is 0 Å². The van der Waals surface area contributed by atoms with Crippen LogP contribution in [-0.2, 0) is 12.8 Å². The van der Waals surface area contributed by atoms with E-state index in [4.69, 9.17) is 23.2 Å². The Labute approximate surface area is 117 Å². The summed E-state index contributed by atoms with van der Waals surface area (Å²) in [6, 6.07) is 3.42. The Morgan fingerprint density at radius 3 is 1.44 bits per heavy atom. The molecule has 0 amide bonds. The molecule has 0 fully saturated rings. The Hall–Kier alpha value is -0.860. The first kappa shape index (κ1) is 15.2. The number of benzene rings is 1. The van der Waals surface area contributed by atoms with Gasteiger partial charge in [-0.15, -0.1) is 0 Å². The molecule has 1 aromatic carbocycles. The molecule has 18 heavy (non-hydrogen) atoms. The van der Waals surface area contributed by atoms with E-state index in [1.807, 2.05) is 13.8 Å². The first-order valence-corrected chi connectivity index (χ1v) is 6.82. The number of hydrogen-bond donors (Lipinski definition) is 0. The van der Waals surface area contributed by atoms with E-state index in [2.05, 4.69) is 0 Å². The van der Waals surface area contributed by atoms with Crippen molar-refractivity contribution in [1.29, 1.82) is 0 Å². The van der Waals surface area contributed by atoms with Crippen LogP contribution in [-0.4, -0.2) is 10.5 Å². The SMILES string of the molecule is CCCc1cc(C(=O)Cl)c(CCC)cc1C(=O)Cl. The number of carbonyl (C=O) groups excluding carboxylic acids is 2. The van der Waals surface area contributed by atoms with Crippen molar-refractivity contribution < 1.29 is 9.59 Å². The minimum absolute atomic E-state index is 0.482. The van der Waals surface area contributed by atoms with Gasteiger partial charge in [-0.05, 0) is 59.3 Å². The second-order valence-electron chi connectivity index (χ2n) is 4.21. The summed E-state index contributed by atoms with van der Waals surface area (Å²) in [5.74, 6) is 0. The van der Waals surface area contributed by atoms with Crippen LogP contribution in [0.2, 0.25) is 0 Å². The Balaban J connectivity index is 3.39. The Morgan fingerprint density at radius 1 is 0.889 bits per heavy atom. The van der Waals surface area contributed by atoms with Crippen molar-refractivity contribution in [1.82, 2.24) is 0 Å². The predicted molar refractivity (Wildman–Crippen MR) is 74.8 cm³/mol. The summed E-state index contributed by atoms with van der Waals surface area (Å²) >= 11 is 11.2. The summed E-state index contributed by atoms with van der Waals surface area (Å²) in [5, 5.41) is -0.964. The van der Waals surface area contributed by atoms with E-state index >= 15 is 0 Å². The predicted octanol–water partition coefficient (Wildman–Crippen LogP) is 4.35. The van der Waals surface area contributed by atoms with Gasteiger partial charge >= 0.3 is 0 Å². The van der Waals surface area contributed by atoms with E-state index in [1.165, 1.54) is 0 Å². The van der Waals surface area contributed by atoms with E-state index in [-0.39, 0.29) is 0 Å². The lowest BCUT2D eigenvalue weighted by Crippen LogP contribution is -2.06. The molecule has 0 aliphatic heterocycles. The maximum atomic E-state index is 11.4. The average molecular weight is 287 g/mol. The van der Waals surface area contributed by atoms with Gasteiger partial charge in [-0.3, -0.25) is 9.59 Å². The highest BCUT2D eigenvalue weighted by atomic mass is 35.5. The quantitative estimate of drug-likeness (QED) is 0.729. The highest BCUT2D eigenvalue weighted by Crippen LogP contribution is 2.23. The van der Waals surface area contributed by atoms with Crippen LogP contribution < -0.4 is 0 Å². The smallest absolute Gasteiger partial charge is 0.252 e. The molecule has 0 aliphatic carbocycles. The minimum Gasteiger partial charge on any atom is -0.276 e. The van der Waals surface area contributed by atoms with Crippen LogP contribution in [0.25, 0.3) is 0 Å². The van der Waals surface area contributed by atoms with Crippen LogP contribution in [0, 0.1) is 0 Å². The summed E-state index contributed by atoms with van der Waals surface area (Å²) in [6.07, 6.45) is 3.16. The second kappa shape index (κ2) is 6.91. The Kier molecular flexibility index (Phi) is 5.83. The molecule has 0 atom stereocenters. The van der Waals surface area contributed by atoms with Crippen LogP contribution in [0.1, 0.15) is 58.5 Å². The van der Waals surface area contributed by atoms with Crippen molar-refractivity contribution in [2.45, 2.75) is 39.5 Å².